The van der Waals surface area contributed by atoms with Crippen LogP contribution in [0.5, 0.6) is 0 Å². The van der Waals surface area contributed by atoms with Gasteiger partial charge in [-0.05, 0) is 0 Å². The molecule has 152 valence electrons. The minimum absolute atomic E-state index is 0.120. The van der Waals surface area contributed by atoms with Gasteiger partial charge in [-0.2, -0.15) is 0 Å². The van der Waals surface area contributed by atoms with Gasteiger partial charge in [0.25, 0.3) is 0 Å². The molecule has 0 saturated carbocycles. The molecular formula is C26H30Cl2Hf. The predicted octanol–water partition coefficient (Wildman–Crippen LogP) is 8.36. The van der Waals surface area contributed by atoms with Crippen molar-refractivity contribution in [2.24, 2.45) is 0 Å². The van der Waals surface area contributed by atoms with Gasteiger partial charge >= 0.3 is 184 Å². The van der Waals surface area contributed by atoms with Gasteiger partial charge in [-0.3, -0.25) is 0 Å². The molecule has 0 saturated heterocycles. The third-order valence-corrected chi connectivity index (χ3v) is 35.3. The zero-order chi connectivity index (χ0) is 21.3. The zero-order valence-electron chi connectivity index (χ0n) is 18.5. The summed E-state index contributed by atoms with van der Waals surface area (Å²) >= 11 is -4.72. The van der Waals surface area contributed by atoms with Gasteiger partial charge in [0.05, 0.1) is 0 Å². The van der Waals surface area contributed by atoms with Crippen molar-refractivity contribution in [3.63, 3.8) is 0 Å². The van der Waals surface area contributed by atoms with Crippen LogP contribution in [0.2, 0.25) is 0 Å². The number of allylic oxidation sites excluding steroid dienone is 2. The van der Waals surface area contributed by atoms with Gasteiger partial charge in [0.2, 0.25) is 0 Å². The number of hydrogen-bond donors (Lipinski definition) is 0. The van der Waals surface area contributed by atoms with Gasteiger partial charge in [-0.25, -0.2) is 0 Å². The average molecular weight is 592 g/mol. The molecule has 2 unspecified atom stereocenters. The summed E-state index contributed by atoms with van der Waals surface area (Å²) in [7, 11) is 15.9. The van der Waals surface area contributed by atoms with Crippen molar-refractivity contribution in [3.05, 3.63) is 79.9 Å². The van der Waals surface area contributed by atoms with Crippen molar-refractivity contribution < 1.29 is 15.7 Å². The van der Waals surface area contributed by atoms with Crippen molar-refractivity contribution in [3.8, 4) is 0 Å². The van der Waals surface area contributed by atoms with Crippen LogP contribution in [0.3, 0.4) is 0 Å². The van der Waals surface area contributed by atoms with E-state index in [2.05, 4.69) is 88.6 Å². The SMILES string of the molecule is C[CH]=[Hf]([Cl])([Cl])([CH]1C(C)=Cc2c(C)ccc(C)c21)[CH]1C(C)=Cc2c(C)ccc(C)c21. The molecule has 0 fully saturated rings. The number of hydrogen-bond acceptors (Lipinski definition) is 0. The molecule has 2 aliphatic rings. The Labute approximate surface area is 183 Å². The van der Waals surface area contributed by atoms with Crippen LogP contribution in [0.1, 0.15) is 72.6 Å². The first-order valence-corrected chi connectivity index (χ1v) is 25.6. The molecule has 0 radical (unpaired) electrons. The Balaban J connectivity index is 2.06. The fourth-order valence-electron chi connectivity index (χ4n) is 5.86. The molecule has 2 aliphatic carbocycles. The van der Waals surface area contributed by atoms with E-state index in [1.54, 1.807) is 0 Å². The Bertz CT molecular complexity index is 1100. The third-order valence-electron chi connectivity index (χ3n) is 7.33. The molecule has 0 aliphatic heterocycles. The molecule has 2 aromatic rings. The van der Waals surface area contributed by atoms with Gasteiger partial charge in [0, 0.05) is 0 Å². The maximum atomic E-state index is 7.93. The van der Waals surface area contributed by atoms with Gasteiger partial charge in [0.15, 0.2) is 0 Å². The molecule has 4 rings (SSSR count). The van der Waals surface area contributed by atoms with Crippen LogP contribution in [0.4, 0.5) is 0 Å². The second kappa shape index (κ2) is 6.87. The summed E-state index contributed by atoms with van der Waals surface area (Å²) in [6.07, 6.45) is 4.68. The predicted molar refractivity (Wildman–Crippen MR) is 128 cm³/mol. The van der Waals surface area contributed by atoms with Gasteiger partial charge in [-0.15, -0.1) is 0 Å². The Hall–Kier alpha value is -0.760. The molecule has 0 nitrogen and oxygen atoms in total. The summed E-state index contributed by atoms with van der Waals surface area (Å²) in [5, 5.41) is 0. The molecule has 2 atom stereocenters. The van der Waals surface area contributed by atoms with E-state index in [4.69, 9.17) is 17.2 Å². The van der Waals surface area contributed by atoms with Crippen molar-refractivity contribution in [1.82, 2.24) is 0 Å². The average Bonchev–Trinajstić information content (AvgIpc) is 3.21. The summed E-state index contributed by atoms with van der Waals surface area (Å²) in [5.41, 5.74) is 13.3. The van der Waals surface area contributed by atoms with E-state index in [9.17, 15) is 0 Å². The van der Waals surface area contributed by atoms with Gasteiger partial charge < -0.3 is 0 Å². The van der Waals surface area contributed by atoms with E-state index in [1.165, 1.54) is 55.7 Å². The quantitative estimate of drug-likeness (QED) is 0.308. The normalized spacial score (nSPS) is 20.9. The third kappa shape index (κ3) is 2.91. The number of benzene rings is 2. The second-order valence-corrected chi connectivity index (χ2v) is 39.6. The van der Waals surface area contributed by atoms with E-state index in [0.717, 1.165) is 0 Å². The Kier molecular flexibility index (Phi) is 5.09. The number of fused-ring (bicyclic) bond motifs is 2. The molecule has 0 aromatic heterocycles. The van der Waals surface area contributed by atoms with Crippen LogP contribution in [-0.2, 0) is 15.7 Å². The van der Waals surface area contributed by atoms with E-state index in [-0.39, 0.29) is 7.35 Å². The van der Waals surface area contributed by atoms with E-state index >= 15 is 0 Å². The van der Waals surface area contributed by atoms with Crippen LogP contribution in [0.15, 0.2) is 35.4 Å². The van der Waals surface area contributed by atoms with Gasteiger partial charge in [-0.1, -0.05) is 0 Å². The monoisotopic (exact) mass is 592 g/mol. The molecule has 0 bridgehead atoms. The topological polar surface area (TPSA) is 0 Å². The molecular weight excluding hydrogens is 562 g/mol. The first-order chi connectivity index (χ1) is 13.5. The molecule has 0 spiro atoms. The summed E-state index contributed by atoms with van der Waals surface area (Å²) < 4.78 is 2.50. The van der Waals surface area contributed by atoms with Crippen LogP contribution in [-0.4, -0.2) is 3.76 Å². The number of halogens is 2. The fourth-order valence-corrected chi connectivity index (χ4v) is 32.2. The Morgan fingerprint density at radius 3 is 1.34 bits per heavy atom. The maximum absolute atomic E-state index is 7.93. The van der Waals surface area contributed by atoms with Gasteiger partial charge in [0.1, 0.15) is 0 Å². The number of aryl methyl sites for hydroxylation is 4. The van der Waals surface area contributed by atoms with E-state index in [0.29, 0.717) is 0 Å². The molecule has 29 heavy (non-hydrogen) atoms. The summed E-state index contributed by atoms with van der Waals surface area (Å²) in [6.45, 7) is 15.4. The standard InChI is InChI=1S/2C12H13.C2H4.2ClH.Hf/c2*1-8-6-11-9(2)4-5-10(3)12(11)7-8;1-2;;;/h2*4-7H,1-3H3;1H,2H3;2*1H;/q;;;;;+2/p-2. The van der Waals surface area contributed by atoms with E-state index in [1.807, 2.05) is 0 Å². The Morgan fingerprint density at radius 1 is 0.655 bits per heavy atom. The molecule has 0 N–H and O–H groups in total. The summed E-state index contributed by atoms with van der Waals surface area (Å²) in [4.78, 5) is 0. The first-order valence-electron chi connectivity index (χ1n) is 10.5. The fraction of sp³-hybridized carbons (Fsp3) is 0.346. The van der Waals surface area contributed by atoms with Crippen molar-refractivity contribution >= 4 is 33.1 Å². The van der Waals surface area contributed by atoms with Crippen LogP contribution in [0.25, 0.3) is 12.2 Å². The van der Waals surface area contributed by atoms with Crippen LogP contribution >= 0.6 is 17.2 Å². The first kappa shape index (κ1) is 21.5. The molecule has 2 aromatic carbocycles. The van der Waals surface area contributed by atoms with Crippen LogP contribution < -0.4 is 0 Å². The Morgan fingerprint density at radius 2 is 1.00 bits per heavy atom. The molecule has 3 heteroatoms. The molecule has 0 amide bonds. The zero-order valence-corrected chi connectivity index (χ0v) is 23.6. The van der Waals surface area contributed by atoms with Crippen molar-refractivity contribution in [2.75, 3.05) is 0 Å². The second-order valence-electron chi connectivity index (χ2n) is 9.21. The minimum atomic E-state index is -4.72. The van der Waals surface area contributed by atoms with E-state index < -0.39 is 15.7 Å². The summed E-state index contributed by atoms with van der Waals surface area (Å²) in [6, 6.07) is 8.89. The summed E-state index contributed by atoms with van der Waals surface area (Å²) in [5.74, 6) is 0. The van der Waals surface area contributed by atoms with Crippen molar-refractivity contribution in [2.45, 2.75) is 55.8 Å². The molecule has 0 heterocycles. The number of rotatable bonds is 2. The van der Waals surface area contributed by atoms with Crippen LogP contribution in [0, 0.1) is 27.7 Å². The van der Waals surface area contributed by atoms with Crippen molar-refractivity contribution in [1.29, 1.82) is 0 Å².